The zero-order chi connectivity index (χ0) is 18.4. The first kappa shape index (κ1) is 17.4. The highest BCUT2D eigenvalue weighted by Crippen LogP contribution is 2.41. The van der Waals surface area contributed by atoms with Gasteiger partial charge in [-0.05, 0) is 50.3 Å². The second-order valence-electron chi connectivity index (χ2n) is 7.30. The van der Waals surface area contributed by atoms with Crippen LogP contribution in [0.1, 0.15) is 48.2 Å². The van der Waals surface area contributed by atoms with Gasteiger partial charge in [0.25, 0.3) is 5.91 Å². The highest BCUT2D eigenvalue weighted by atomic mass is 35.5. The van der Waals surface area contributed by atoms with E-state index in [0.29, 0.717) is 28.7 Å². The first-order chi connectivity index (χ1) is 12.5. The number of carbonyl (C=O) groups excluding carboxylic acids is 2. The van der Waals surface area contributed by atoms with Crippen molar-refractivity contribution in [3.8, 4) is 0 Å². The molecule has 138 valence electrons. The molecule has 1 amide bonds. The summed E-state index contributed by atoms with van der Waals surface area (Å²) in [7, 11) is 1.38. The van der Waals surface area contributed by atoms with E-state index in [1.165, 1.54) is 7.11 Å². The average molecular weight is 376 g/mol. The molecule has 3 atom stereocenters. The van der Waals surface area contributed by atoms with E-state index in [1.54, 1.807) is 23.1 Å². The minimum atomic E-state index is -0.531. The number of furan rings is 1. The molecule has 3 unspecified atom stereocenters. The van der Waals surface area contributed by atoms with Crippen molar-refractivity contribution in [2.45, 2.75) is 51.1 Å². The Morgan fingerprint density at radius 2 is 2.04 bits per heavy atom. The predicted octanol–water partition coefficient (Wildman–Crippen LogP) is 4.34. The van der Waals surface area contributed by atoms with Crippen molar-refractivity contribution in [3.05, 3.63) is 34.5 Å². The van der Waals surface area contributed by atoms with Crippen LogP contribution in [0.5, 0.6) is 0 Å². The number of hydrogen-bond donors (Lipinski definition) is 0. The molecule has 2 heterocycles. The molecule has 0 spiro atoms. The van der Waals surface area contributed by atoms with Crippen LogP contribution in [0.15, 0.2) is 22.6 Å². The first-order valence-electron chi connectivity index (χ1n) is 9.10. The summed E-state index contributed by atoms with van der Waals surface area (Å²) in [5.74, 6) is 0.0857. The van der Waals surface area contributed by atoms with E-state index >= 15 is 0 Å². The van der Waals surface area contributed by atoms with Crippen LogP contribution in [-0.2, 0) is 9.53 Å². The Morgan fingerprint density at radius 3 is 2.81 bits per heavy atom. The minimum Gasteiger partial charge on any atom is -0.467 e. The van der Waals surface area contributed by atoms with Crippen molar-refractivity contribution in [2.24, 2.45) is 5.92 Å². The third-order valence-electron chi connectivity index (χ3n) is 5.89. The summed E-state index contributed by atoms with van der Waals surface area (Å²) in [4.78, 5) is 27.5. The summed E-state index contributed by atoms with van der Waals surface area (Å²) >= 11 is 6.08. The Bertz CT molecular complexity index is 874. The van der Waals surface area contributed by atoms with E-state index in [0.717, 1.165) is 36.6 Å². The molecule has 6 heteroatoms. The van der Waals surface area contributed by atoms with E-state index < -0.39 is 6.04 Å². The minimum absolute atomic E-state index is 0.0801. The van der Waals surface area contributed by atoms with Gasteiger partial charge in [-0.3, -0.25) is 4.79 Å². The summed E-state index contributed by atoms with van der Waals surface area (Å²) < 4.78 is 10.8. The number of hydrogen-bond acceptors (Lipinski definition) is 4. The molecule has 0 radical (unpaired) electrons. The molecule has 0 N–H and O–H groups in total. The number of aryl methyl sites for hydroxylation is 1. The topological polar surface area (TPSA) is 59.8 Å². The second kappa shape index (κ2) is 6.62. The van der Waals surface area contributed by atoms with E-state index in [4.69, 9.17) is 20.8 Å². The number of halogens is 1. The Morgan fingerprint density at radius 1 is 1.27 bits per heavy atom. The lowest BCUT2D eigenvalue weighted by molar-refractivity contribution is -0.145. The van der Waals surface area contributed by atoms with Crippen LogP contribution in [0, 0.1) is 12.8 Å². The number of ether oxygens (including phenoxy) is 1. The van der Waals surface area contributed by atoms with Gasteiger partial charge in [-0.1, -0.05) is 24.4 Å². The molecule has 26 heavy (non-hydrogen) atoms. The van der Waals surface area contributed by atoms with Crippen molar-refractivity contribution in [1.29, 1.82) is 0 Å². The molecule has 1 aliphatic heterocycles. The Labute approximate surface area is 157 Å². The summed E-state index contributed by atoms with van der Waals surface area (Å²) in [5.41, 5.74) is 1.39. The maximum Gasteiger partial charge on any atom is 0.328 e. The monoisotopic (exact) mass is 375 g/mol. The molecule has 2 fully saturated rings. The quantitative estimate of drug-likeness (QED) is 0.732. The first-order valence-corrected chi connectivity index (χ1v) is 9.48. The number of methoxy groups -OCH3 is 1. The van der Waals surface area contributed by atoms with Gasteiger partial charge >= 0.3 is 5.97 Å². The van der Waals surface area contributed by atoms with Gasteiger partial charge in [0, 0.05) is 22.0 Å². The van der Waals surface area contributed by atoms with Crippen molar-refractivity contribution < 1.29 is 18.7 Å². The van der Waals surface area contributed by atoms with Crippen molar-refractivity contribution >= 4 is 34.4 Å². The van der Waals surface area contributed by atoms with Gasteiger partial charge in [0.05, 0.1) is 7.11 Å². The summed E-state index contributed by atoms with van der Waals surface area (Å²) in [5, 5.41) is 1.43. The van der Waals surface area contributed by atoms with Gasteiger partial charge in [-0.25, -0.2) is 4.79 Å². The Kier molecular flexibility index (Phi) is 4.43. The molecule has 4 rings (SSSR count). The highest BCUT2D eigenvalue weighted by Gasteiger charge is 2.49. The fourth-order valence-corrected chi connectivity index (χ4v) is 4.79. The van der Waals surface area contributed by atoms with E-state index in [2.05, 4.69) is 0 Å². The standard InChI is InChI=1S/C20H22ClNO4/c1-11-14-10-13(21)7-8-17(14)26-18(11)19(23)22-15-6-4-3-5-12(15)9-16(22)20(24)25-2/h7-8,10,12,15-16H,3-6,9H2,1-2H3. The predicted molar refractivity (Wildman–Crippen MR) is 98.3 cm³/mol. The maximum absolute atomic E-state index is 13.4. The van der Waals surface area contributed by atoms with Crippen molar-refractivity contribution in [2.75, 3.05) is 7.11 Å². The average Bonchev–Trinajstić information content (AvgIpc) is 3.19. The Hall–Kier alpha value is -2.01. The number of amides is 1. The normalized spacial score (nSPS) is 25.3. The lowest BCUT2D eigenvalue weighted by Crippen LogP contribution is -2.46. The number of nitrogens with zero attached hydrogens (tertiary/aromatic N) is 1. The zero-order valence-electron chi connectivity index (χ0n) is 15.0. The number of carbonyl (C=O) groups is 2. The largest absolute Gasteiger partial charge is 0.467 e. The molecule has 0 bridgehead atoms. The molecule has 1 aliphatic carbocycles. The summed E-state index contributed by atoms with van der Waals surface area (Å²) in [6.07, 6.45) is 4.88. The smallest absolute Gasteiger partial charge is 0.328 e. The van der Waals surface area contributed by atoms with Crippen LogP contribution in [-0.4, -0.2) is 36.0 Å². The second-order valence-corrected chi connectivity index (χ2v) is 7.73. The van der Waals surface area contributed by atoms with Gasteiger partial charge in [0.1, 0.15) is 11.6 Å². The van der Waals surface area contributed by atoms with Crippen molar-refractivity contribution in [1.82, 2.24) is 4.90 Å². The van der Waals surface area contributed by atoms with E-state index in [-0.39, 0.29) is 17.9 Å². The van der Waals surface area contributed by atoms with Gasteiger partial charge in [0.2, 0.25) is 0 Å². The molecule has 1 saturated carbocycles. The van der Waals surface area contributed by atoms with Gasteiger partial charge in [-0.15, -0.1) is 0 Å². The van der Waals surface area contributed by atoms with Gasteiger partial charge < -0.3 is 14.1 Å². The lowest BCUT2D eigenvalue weighted by atomic mass is 9.84. The van der Waals surface area contributed by atoms with Crippen LogP contribution < -0.4 is 0 Å². The highest BCUT2D eigenvalue weighted by molar-refractivity contribution is 6.31. The van der Waals surface area contributed by atoms with E-state index in [1.807, 2.05) is 6.92 Å². The molecular weight excluding hydrogens is 354 g/mol. The SMILES string of the molecule is COC(=O)C1CC2CCCCC2N1C(=O)c1oc2ccc(Cl)cc2c1C. The van der Waals surface area contributed by atoms with Crippen LogP contribution in [0.25, 0.3) is 11.0 Å². The lowest BCUT2D eigenvalue weighted by Gasteiger charge is -2.32. The van der Waals surface area contributed by atoms with Crippen LogP contribution in [0.3, 0.4) is 0 Å². The summed E-state index contributed by atoms with van der Waals surface area (Å²) in [6, 6.07) is 4.86. The summed E-state index contributed by atoms with van der Waals surface area (Å²) in [6.45, 7) is 1.86. The third-order valence-corrected chi connectivity index (χ3v) is 6.12. The number of benzene rings is 1. The van der Waals surface area contributed by atoms with Crippen LogP contribution >= 0.6 is 11.6 Å². The fraction of sp³-hybridized carbons (Fsp3) is 0.500. The van der Waals surface area contributed by atoms with E-state index in [9.17, 15) is 9.59 Å². The van der Waals surface area contributed by atoms with Crippen molar-refractivity contribution in [3.63, 3.8) is 0 Å². The molecule has 2 aromatic rings. The molecule has 1 aromatic heterocycles. The fourth-order valence-electron chi connectivity index (χ4n) is 4.61. The third kappa shape index (κ3) is 2.69. The number of fused-ring (bicyclic) bond motifs is 2. The van der Waals surface area contributed by atoms with Crippen LogP contribution in [0.2, 0.25) is 5.02 Å². The number of likely N-dealkylation sites (tertiary alicyclic amines) is 1. The molecule has 1 saturated heterocycles. The van der Waals surface area contributed by atoms with Gasteiger partial charge in [0.15, 0.2) is 5.76 Å². The maximum atomic E-state index is 13.4. The molecular formula is C20H22ClNO4. The van der Waals surface area contributed by atoms with Crippen LogP contribution in [0.4, 0.5) is 0 Å². The van der Waals surface area contributed by atoms with Gasteiger partial charge in [-0.2, -0.15) is 0 Å². The molecule has 5 nitrogen and oxygen atoms in total. The Balaban J connectivity index is 1.75. The molecule has 2 aliphatic rings. The zero-order valence-corrected chi connectivity index (χ0v) is 15.7. The number of esters is 1. The number of rotatable bonds is 2. The molecule has 1 aromatic carbocycles.